The predicted molar refractivity (Wildman–Crippen MR) is 67.2 cm³/mol. The lowest BCUT2D eigenvalue weighted by Crippen LogP contribution is -2.25. The zero-order valence-electron chi connectivity index (χ0n) is 9.44. The van der Waals surface area contributed by atoms with E-state index in [1.54, 1.807) is 0 Å². The average molecular weight is 221 g/mol. The Morgan fingerprint density at radius 3 is 2.60 bits per heavy atom. The van der Waals surface area contributed by atoms with Crippen LogP contribution in [0.15, 0.2) is 29.2 Å². The van der Waals surface area contributed by atoms with E-state index in [0.717, 1.165) is 0 Å². The van der Waals surface area contributed by atoms with Gasteiger partial charge in [0.05, 0.1) is 0 Å². The maximum absolute atomic E-state index is 6.05. The first kappa shape index (κ1) is 11.0. The molecular weight excluding hydrogens is 202 g/mol. The molecule has 1 saturated carbocycles. The van der Waals surface area contributed by atoms with Crippen molar-refractivity contribution in [2.75, 3.05) is 0 Å². The molecular formula is C13H19NS. The normalized spacial score (nSPS) is 30.7. The van der Waals surface area contributed by atoms with Crippen molar-refractivity contribution in [3.05, 3.63) is 29.8 Å². The van der Waals surface area contributed by atoms with Gasteiger partial charge in [-0.25, -0.2) is 0 Å². The zero-order valence-corrected chi connectivity index (χ0v) is 10.3. The molecule has 2 rings (SSSR count). The summed E-state index contributed by atoms with van der Waals surface area (Å²) in [6.45, 7) is 4.47. The average Bonchev–Trinajstić information content (AvgIpc) is 2.53. The van der Waals surface area contributed by atoms with E-state index in [4.69, 9.17) is 5.73 Å². The van der Waals surface area contributed by atoms with Crippen LogP contribution < -0.4 is 5.73 Å². The van der Waals surface area contributed by atoms with Crippen molar-refractivity contribution < 1.29 is 0 Å². The molecule has 2 N–H and O–H groups in total. The Kier molecular flexibility index (Phi) is 3.37. The van der Waals surface area contributed by atoms with Crippen LogP contribution >= 0.6 is 11.8 Å². The first-order chi connectivity index (χ1) is 7.18. The van der Waals surface area contributed by atoms with E-state index in [-0.39, 0.29) is 0 Å². The van der Waals surface area contributed by atoms with E-state index in [2.05, 4.69) is 38.1 Å². The summed E-state index contributed by atoms with van der Waals surface area (Å²) in [7, 11) is 0. The topological polar surface area (TPSA) is 26.0 Å². The molecule has 0 amide bonds. The zero-order chi connectivity index (χ0) is 10.8. The van der Waals surface area contributed by atoms with E-state index in [1.165, 1.54) is 23.3 Å². The highest BCUT2D eigenvalue weighted by Gasteiger charge is 2.30. The number of aryl methyl sites for hydroxylation is 1. The molecule has 3 atom stereocenters. The monoisotopic (exact) mass is 221 g/mol. The minimum Gasteiger partial charge on any atom is -0.327 e. The van der Waals surface area contributed by atoms with Gasteiger partial charge in [0.2, 0.25) is 0 Å². The summed E-state index contributed by atoms with van der Waals surface area (Å²) < 4.78 is 0. The van der Waals surface area contributed by atoms with Crippen molar-refractivity contribution in [3.63, 3.8) is 0 Å². The molecule has 1 fully saturated rings. The van der Waals surface area contributed by atoms with Crippen LogP contribution in [0.5, 0.6) is 0 Å². The molecule has 1 aromatic rings. The van der Waals surface area contributed by atoms with Crippen molar-refractivity contribution in [3.8, 4) is 0 Å². The van der Waals surface area contributed by atoms with Gasteiger partial charge in [0, 0.05) is 16.2 Å². The first-order valence-corrected chi connectivity index (χ1v) is 6.54. The van der Waals surface area contributed by atoms with Gasteiger partial charge in [0.25, 0.3) is 0 Å². The second-order valence-electron chi connectivity index (χ2n) is 4.52. The number of hydrogen-bond donors (Lipinski definition) is 1. The molecule has 0 spiro atoms. The molecule has 3 unspecified atom stereocenters. The van der Waals surface area contributed by atoms with Crippen molar-refractivity contribution in [1.82, 2.24) is 0 Å². The third kappa shape index (κ3) is 2.37. The van der Waals surface area contributed by atoms with Crippen molar-refractivity contribution in [2.24, 2.45) is 11.7 Å². The SMILES string of the molecule is Cc1ccccc1SC1CCC(N)C1C. The van der Waals surface area contributed by atoms with Gasteiger partial charge in [0.15, 0.2) is 0 Å². The fourth-order valence-corrected chi connectivity index (χ4v) is 3.58. The van der Waals surface area contributed by atoms with Crippen molar-refractivity contribution >= 4 is 11.8 Å². The molecule has 0 heterocycles. The van der Waals surface area contributed by atoms with Crippen LogP contribution in [-0.2, 0) is 0 Å². The molecule has 1 aliphatic rings. The Balaban J connectivity index is 2.07. The Hall–Kier alpha value is -0.470. The number of hydrogen-bond acceptors (Lipinski definition) is 2. The van der Waals surface area contributed by atoms with Gasteiger partial charge in [-0.3, -0.25) is 0 Å². The number of nitrogens with two attached hydrogens (primary N) is 1. The van der Waals surface area contributed by atoms with E-state index in [1.807, 2.05) is 11.8 Å². The molecule has 0 saturated heterocycles. The highest BCUT2D eigenvalue weighted by Crippen LogP contribution is 2.39. The maximum Gasteiger partial charge on any atom is 0.0135 e. The van der Waals surface area contributed by atoms with Crippen LogP contribution in [-0.4, -0.2) is 11.3 Å². The van der Waals surface area contributed by atoms with Crippen LogP contribution in [0.1, 0.15) is 25.3 Å². The van der Waals surface area contributed by atoms with Gasteiger partial charge in [-0.05, 0) is 37.3 Å². The van der Waals surface area contributed by atoms with E-state index >= 15 is 0 Å². The molecule has 1 aliphatic carbocycles. The summed E-state index contributed by atoms with van der Waals surface area (Å²) in [6, 6.07) is 9.03. The summed E-state index contributed by atoms with van der Waals surface area (Å²) in [5.74, 6) is 0.648. The lowest BCUT2D eigenvalue weighted by molar-refractivity contribution is 0.535. The molecule has 1 aromatic carbocycles. The number of thioether (sulfide) groups is 1. The molecule has 0 aliphatic heterocycles. The molecule has 0 radical (unpaired) electrons. The van der Waals surface area contributed by atoms with Crippen LogP contribution in [0.25, 0.3) is 0 Å². The highest BCUT2D eigenvalue weighted by molar-refractivity contribution is 8.00. The second-order valence-corrected chi connectivity index (χ2v) is 5.80. The quantitative estimate of drug-likeness (QED) is 0.830. The van der Waals surface area contributed by atoms with Crippen LogP contribution in [0.4, 0.5) is 0 Å². The third-order valence-electron chi connectivity index (χ3n) is 3.42. The van der Waals surface area contributed by atoms with Crippen LogP contribution in [0, 0.1) is 12.8 Å². The van der Waals surface area contributed by atoms with Crippen LogP contribution in [0.3, 0.4) is 0 Å². The summed E-state index contributed by atoms with van der Waals surface area (Å²) in [4.78, 5) is 1.42. The molecule has 0 bridgehead atoms. The van der Waals surface area contributed by atoms with Gasteiger partial charge < -0.3 is 5.73 Å². The second kappa shape index (κ2) is 4.58. The summed E-state index contributed by atoms with van der Waals surface area (Å²) in [5, 5.41) is 0.709. The third-order valence-corrected chi connectivity index (χ3v) is 5.10. The minimum atomic E-state index is 0.409. The minimum absolute atomic E-state index is 0.409. The van der Waals surface area contributed by atoms with E-state index < -0.39 is 0 Å². The van der Waals surface area contributed by atoms with E-state index in [0.29, 0.717) is 17.2 Å². The van der Waals surface area contributed by atoms with Gasteiger partial charge in [-0.1, -0.05) is 25.1 Å². The summed E-state index contributed by atoms with van der Waals surface area (Å²) in [5.41, 5.74) is 7.43. The van der Waals surface area contributed by atoms with Gasteiger partial charge in [0.1, 0.15) is 0 Å². The number of benzene rings is 1. The van der Waals surface area contributed by atoms with E-state index in [9.17, 15) is 0 Å². The molecule has 2 heteroatoms. The molecule has 82 valence electrons. The fourth-order valence-electron chi connectivity index (χ4n) is 2.18. The maximum atomic E-state index is 6.05. The lowest BCUT2D eigenvalue weighted by atomic mass is 10.1. The lowest BCUT2D eigenvalue weighted by Gasteiger charge is -2.18. The Morgan fingerprint density at radius 2 is 2.00 bits per heavy atom. The first-order valence-electron chi connectivity index (χ1n) is 5.66. The fraction of sp³-hybridized carbons (Fsp3) is 0.538. The van der Waals surface area contributed by atoms with Crippen molar-refractivity contribution in [2.45, 2.75) is 42.9 Å². The molecule has 0 aromatic heterocycles. The Bertz CT molecular complexity index is 337. The smallest absolute Gasteiger partial charge is 0.0135 e. The van der Waals surface area contributed by atoms with Crippen molar-refractivity contribution in [1.29, 1.82) is 0 Å². The standard InChI is InChI=1S/C13H19NS/c1-9-5-3-4-6-12(9)15-13-8-7-11(14)10(13)2/h3-6,10-11,13H,7-8,14H2,1-2H3. The summed E-state index contributed by atoms with van der Waals surface area (Å²) >= 11 is 2.01. The molecule has 15 heavy (non-hydrogen) atoms. The Labute approximate surface area is 96.4 Å². The number of rotatable bonds is 2. The van der Waals surface area contributed by atoms with Crippen LogP contribution in [0.2, 0.25) is 0 Å². The Morgan fingerprint density at radius 1 is 1.27 bits per heavy atom. The van der Waals surface area contributed by atoms with Gasteiger partial charge >= 0.3 is 0 Å². The predicted octanol–water partition coefficient (Wildman–Crippen LogP) is 3.21. The van der Waals surface area contributed by atoms with Gasteiger partial charge in [-0.15, -0.1) is 11.8 Å². The summed E-state index contributed by atoms with van der Waals surface area (Å²) in [6.07, 6.45) is 2.45. The highest BCUT2D eigenvalue weighted by atomic mass is 32.2. The van der Waals surface area contributed by atoms with Gasteiger partial charge in [-0.2, -0.15) is 0 Å². The molecule has 1 nitrogen and oxygen atoms in total. The largest absolute Gasteiger partial charge is 0.327 e.